The number of hydrogen-bond donors (Lipinski definition) is 1. The monoisotopic (exact) mass is 401 g/mol. The number of thiophene rings is 1. The normalized spacial score (nSPS) is 20.2. The maximum absolute atomic E-state index is 13.1. The highest BCUT2D eigenvalue weighted by atomic mass is 32.1. The van der Waals surface area contributed by atoms with Gasteiger partial charge in [0.1, 0.15) is 0 Å². The van der Waals surface area contributed by atoms with Crippen LogP contribution >= 0.6 is 11.3 Å². The summed E-state index contributed by atoms with van der Waals surface area (Å²) in [6.07, 6.45) is 0.552. The zero-order chi connectivity index (χ0) is 19.5. The van der Waals surface area contributed by atoms with Gasteiger partial charge in [0.25, 0.3) is 5.91 Å². The van der Waals surface area contributed by atoms with E-state index in [9.17, 15) is 9.90 Å². The van der Waals surface area contributed by atoms with Crippen LogP contribution in [0.15, 0.2) is 40.8 Å². The number of hydrazone groups is 1. The van der Waals surface area contributed by atoms with Crippen molar-refractivity contribution in [3.8, 4) is 11.5 Å². The van der Waals surface area contributed by atoms with Crippen LogP contribution < -0.4 is 4.74 Å². The minimum Gasteiger partial charge on any atom is -0.504 e. The van der Waals surface area contributed by atoms with Crippen molar-refractivity contribution in [2.75, 3.05) is 40.0 Å². The van der Waals surface area contributed by atoms with Gasteiger partial charge >= 0.3 is 0 Å². The van der Waals surface area contributed by atoms with Gasteiger partial charge in [-0.15, -0.1) is 11.3 Å². The molecular weight excluding hydrogens is 378 g/mol. The number of rotatable bonds is 5. The maximum Gasteiger partial charge on any atom is 0.257 e. The Morgan fingerprint density at radius 2 is 2.14 bits per heavy atom. The molecule has 1 unspecified atom stereocenters. The number of amides is 1. The molecule has 2 aromatic rings. The van der Waals surface area contributed by atoms with E-state index < -0.39 is 0 Å². The minimum atomic E-state index is -0.360. The Morgan fingerprint density at radius 3 is 2.86 bits per heavy atom. The highest BCUT2D eigenvalue weighted by Gasteiger charge is 2.36. The Morgan fingerprint density at radius 1 is 1.32 bits per heavy atom. The summed E-state index contributed by atoms with van der Waals surface area (Å²) in [6, 6.07) is 8.96. The maximum atomic E-state index is 13.1. The molecule has 0 bridgehead atoms. The largest absolute Gasteiger partial charge is 0.504 e. The Balaban J connectivity index is 1.63. The highest BCUT2D eigenvalue weighted by molar-refractivity contribution is 7.12. The summed E-state index contributed by atoms with van der Waals surface area (Å²) in [4.78, 5) is 16.2. The number of aromatic hydroxyl groups is 1. The van der Waals surface area contributed by atoms with Crippen molar-refractivity contribution in [2.45, 2.75) is 12.5 Å². The molecular formula is C20H23N3O4S. The van der Waals surface area contributed by atoms with Crippen LogP contribution in [0.1, 0.15) is 22.9 Å². The smallest absolute Gasteiger partial charge is 0.257 e. The van der Waals surface area contributed by atoms with Crippen LogP contribution in [0.3, 0.4) is 0 Å². The van der Waals surface area contributed by atoms with Crippen LogP contribution in [-0.2, 0) is 9.53 Å². The number of phenols is 1. The number of ether oxygens (including phenoxy) is 2. The molecule has 148 valence electrons. The molecule has 2 aliphatic rings. The van der Waals surface area contributed by atoms with Gasteiger partial charge in [0.15, 0.2) is 11.5 Å². The Kier molecular flexibility index (Phi) is 5.61. The third kappa shape index (κ3) is 3.76. The molecule has 0 aliphatic carbocycles. The minimum absolute atomic E-state index is 0.0572. The predicted molar refractivity (Wildman–Crippen MR) is 107 cm³/mol. The second-order valence-electron chi connectivity index (χ2n) is 6.77. The second-order valence-corrected chi connectivity index (χ2v) is 7.72. The number of benzene rings is 1. The van der Waals surface area contributed by atoms with Gasteiger partial charge in [0.2, 0.25) is 0 Å². The highest BCUT2D eigenvalue weighted by Crippen LogP contribution is 2.41. The van der Waals surface area contributed by atoms with Crippen molar-refractivity contribution in [2.24, 2.45) is 5.10 Å². The van der Waals surface area contributed by atoms with Crippen molar-refractivity contribution in [1.29, 1.82) is 0 Å². The lowest BCUT2D eigenvalue weighted by atomic mass is 9.99. The fourth-order valence-corrected chi connectivity index (χ4v) is 4.29. The molecule has 1 atom stereocenters. The number of hydrogen-bond acceptors (Lipinski definition) is 7. The molecule has 1 aromatic heterocycles. The number of nitrogens with zero attached hydrogens (tertiary/aromatic N) is 3. The van der Waals surface area contributed by atoms with Crippen LogP contribution in [0.4, 0.5) is 0 Å². The van der Waals surface area contributed by atoms with Gasteiger partial charge in [0, 0.05) is 25.1 Å². The van der Waals surface area contributed by atoms with E-state index in [-0.39, 0.29) is 24.2 Å². The quantitative estimate of drug-likeness (QED) is 0.833. The van der Waals surface area contributed by atoms with E-state index >= 15 is 0 Å². The van der Waals surface area contributed by atoms with E-state index in [1.54, 1.807) is 17.4 Å². The zero-order valence-electron chi connectivity index (χ0n) is 15.7. The molecule has 2 aliphatic heterocycles. The van der Waals surface area contributed by atoms with Crippen LogP contribution in [0.5, 0.6) is 11.5 Å². The number of morpholine rings is 1. The average molecular weight is 401 g/mol. The molecule has 1 N–H and O–H groups in total. The van der Waals surface area contributed by atoms with Crippen molar-refractivity contribution >= 4 is 23.0 Å². The lowest BCUT2D eigenvalue weighted by molar-refractivity contribution is -0.135. The molecule has 28 heavy (non-hydrogen) atoms. The first-order chi connectivity index (χ1) is 13.7. The van der Waals surface area contributed by atoms with Crippen LogP contribution in [0.2, 0.25) is 0 Å². The van der Waals surface area contributed by atoms with Crippen molar-refractivity contribution in [3.05, 3.63) is 46.2 Å². The van der Waals surface area contributed by atoms with Gasteiger partial charge in [-0.3, -0.25) is 9.69 Å². The molecule has 1 fully saturated rings. The van der Waals surface area contributed by atoms with E-state index in [0.717, 1.165) is 23.7 Å². The number of phenolic OH excluding ortho intramolecular Hbond substituents is 1. The molecule has 1 saturated heterocycles. The fourth-order valence-electron chi connectivity index (χ4n) is 3.57. The predicted octanol–water partition coefficient (Wildman–Crippen LogP) is 2.47. The van der Waals surface area contributed by atoms with Gasteiger partial charge in [-0.25, -0.2) is 5.01 Å². The summed E-state index contributed by atoms with van der Waals surface area (Å²) < 4.78 is 10.6. The summed E-state index contributed by atoms with van der Waals surface area (Å²) in [7, 11) is 1.52. The molecule has 1 aromatic carbocycles. The number of carbonyl (C=O) groups excluding carboxylic acids is 1. The standard InChI is InChI=1S/C20H23N3O4S/c1-26-17-5-2-4-14(20(17)25)16-12-15(18-6-3-11-28-18)21-23(16)19(24)13-22-7-9-27-10-8-22/h2-6,11,16,25H,7-10,12-13H2,1H3. The van der Waals surface area contributed by atoms with Gasteiger partial charge in [-0.05, 0) is 17.5 Å². The fraction of sp³-hybridized carbons (Fsp3) is 0.400. The Bertz CT molecular complexity index is 862. The number of carbonyl (C=O) groups is 1. The van der Waals surface area contributed by atoms with Crippen molar-refractivity contribution in [3.63, 3.8) is 0 Å². The second kappa shape index (κ2) is 8.30. The summed E-state index contributed by atoms with van der Waals surface area (Å²) in [5, 5.41) is 18.8. The first-order valence-electron chi connectivity index (χ1n) is 9.26. The lowest BCUT2D eigenvalue weighted by Crippen LogP contribution is -2.43. The molecule has 3 heterocycles. The summed E-state index contributed by atoms with van der Waals surface area (Å²) in [5.74, 6) is 0.366. The van der Waals surface area contributed by atoms with Crippen LogP contribution in [0, 0.1) is 0 Å². The molecule has 1 amide bonds. The zero-order valence-corrected chi connectivity index (χ0v) is 16.5. The third-order valence-corrected chi connectivity index (χ3v) is 5.96. The van der Waals surface area contributed by atoms with E-state index in [2.05, 4.69) is 10.0 Å². The molecule has 0 radical (unpaired) electrons. The SMILES string of the molecule is COc1cccc(C2CC(c3cccs3)=NN2C(=O)CN2CCOCC2)c1O. The molecule has 0 saturated carbocycles. The molecule has 7 nitrogen and oxygen atoms in total. The Hall–Kier alpha value is -2.42. The number of methoxy groups -OCH3 is 1. The summed E-state index contributed by atoms with van der Waals surface area (Å²) >= 11 is 1.60. The van der Waals surface area contributed by atoms with Crippen LogP contribution in [0.25, 0.3) is 0 Å². The topological polar surface area (TPSA) is 74.6 Å². The van der Waals surface area contributed by atoms with E-state index in [4.69, 9.17) is 9.47 Å². The third-order valence-electron chi connectivity index (χ3n) is 5.04. The Labute approximate surface area is 167 Å². The van der Waals surface area contributed by atoms with Crippen molar-refractivity contribution < 1.29 is 19.4 Å². The first-order valence-corrected chi connectivity index (χ1v) is 10.1. The van der Waals surface area contributed by atoms with Gasteiger partial charge in [0.05, 0.1) is 43.5 Å². The lowest BCUT2D eigenvalue weighted by Gasteiger charge is -2.29. The van der Waals surface area contributed by atoms with Gasteiger partial charge < -0.3 is 14.6 Å². The summed E-state index contributed by atoms with van der Waals surface area (Å²) in [5.41, 5.74) is 1.50. The van der Waals surface area contributed by atoms with E-state index in [1.165, 1.54) is 12.1 Å². The average Bonchev–Trinajstić information content (AvgIpc) is 3.39. The summed E-state index contributed by atoms with van der Waals surface area (Å²) in [6.45, 7) is 3.02. The first kappa shape index (κ1) is 18.9. The van der Waals surface area contributed by atoms with E-state index in [0.29, 0.717) is 30.9 Å². The number of para-hydroxylation sites is 1. The molecule has 0 spiro atoms. The van der Waals surface area contributed by atoms with Crippen LogP contribution in [-0.4, -0.2) is 66.6 Å². The van der Waals surface area contributed by atoms with Crippen molar-refractivity contribution in [1.82, 2.24) is 9.91 Å². The van der Waals surface area contributed by atoms with E-state index in [1.807, 2.05) is 29.6 Å². The molecule has 8 heteroatoms. The van der Waals surface area contributed by atoms with Gasteiger partial charge in [-0.2, -0.15) is 5.10 Å². The molecule has 4 rings (SSSR count). The van der Waals surface area contributed by atoms with Gasteiger partial charge in [-0.1, -0.05) is 18.2 Å².